The number of likely N-dealkylation sites (tertiary alicyclic amines) is 1. The standard InChI is InChI=1S/C19H24N4O2S/c1-13-9-14(10-16(24)21-13)18(25)23-6-3-19(4-7-23)11-15(19)22(2)12-17-20-5-8-26-17/h5,8-10,15H,3-4,6-7,11-12H2,1-2H3,(H,21,24)/t15-/m1/s1. The molecule has 4 rings (SSSR count). The number of aryl methyl sites for hydroxylation is 1. The average Bonchev–Trinajstić information content (AvgIpc) is 3.05. The van der Waals surface area contributed by atoms with Gasteiger partial charge in [0, 0.05) is 48.0 Å². The number of carbonyl (C=O) groups is 1. The van der Waals surface area contributed by atoms with Crippen molar-refractivity contribution >= 4 is 17.2 Å². The lowest BCUT2D eigenvalue weighted by Gasteiger charge is -2.34. The molecular formula is C19H24N4O2S. The number of H-pyrrole nitrogens is 1. The smallest absolute Gasteiger partial charge is 0.254 e. The van der Waals surface area contributed by atoms with E-state index in [-0.39, 0.29) is 11.5 Å². The van der Waals surface area contributed by atoms with Crippen LogP contribution in [0.1, 0.15) is 40.3 Å². The molecule has 1 atom stereocenters. The summed E-state index contributed by atoms with van der Waals surface area (Å²) in [5.41, 5.74) is 1.36. The van der Waals surface area contributed by atoms with Gasteiger partial charge in [0.1, 0.15) is 5.01 Å². The summed E-state index contributed by atoms with van der Waals surface area (Å²) in [4.78, 5) is 35.7. The molecular weight excluding hydrogens is 348 g/mol. The van der Waals surface area contributed by atoms with E-state index in [1.54, 1.807) is 24.3 Å². The van der Waals surface area contributed by atoms with E-state index in [9.17, 15) is 9.59 Å². The zero-order chi connectivity index (χ0) is 18.3. The Kier molecular flexibility index (Phi) is 4.44. The van der Waals surface area contributed by atoms with Gasteiger partial charge in [-0.1, -0.05) is 0 Å². The van der Waals surface area contributed by atoms with Gasteiger partial charge in [-0.05, 0) is 44.7 Å². The molecule has 2 aromatic heterocycles. The highest BCUT2D eigenvalue weighted by Crippen LogP contribution is 2.56. The lowest BCUT2D eigenvalue weighted by atomic mass is 9.92. The molecule has 3 heterocycles. The van der Waals surface area contributed by atoms with Gasteiger partial charge >= 0.3 is 0 Å². The molecule has 2 fully saturated rings. The molecule has 2 aromatic rings. The summed E-state index contributed by atoms with van der Waals surface area (Å²) in [7, 11) is 2.18. The molecule has 26 heavy (non-hydrogen) atoms. The van der Waals surface area contributed by atoms with Gasteiger partial charge < -0.3 is 9.88 Å². The SMILES string of the molecule is Cc1cc(C(=O)N2CCC3(CC2)C[C@H]3N(C)Cc2nccs2)cc(=O)[nH]1. The first-order chi connectivity index (χ1) is 12.5. The second-order valence-corrected chi connectivity index (χ2v) is 8.61. The van der Waals surface area contributed by atoms with E-state index >= 15 is 0 Å². The molecule has 0 unspecified atom stereocenters. The number of thiazole rings is 1. The fraction of sp³-hybridized carbons (Fsp3) is 0.526. The minimum atomic E-state index is -0.215. The van der Waals surface area contributed by atoms with Crippen LogP contribution in [0.25, 0.3) is 0 Å². The largest absolute Gasteiger partial charge is 0.339 e. The molecule has 0 aromatic carbocycles. The Balaban J connectivity index is 1.36. The Bertz CT molecular complexity index is 853. The highest BCUT2D eigenvalue weighted by molar-refractivity contribution is 7.09. The number of rotatable bonds is 4. The second kappa shape index (κ2) is 6.63. The number of aromatic nitrogens is 2. The van der Waals surface area contributed by atoms with Gasteiger partial charge in [-0.3, -0.25) is 14.5 Å². The number of piperidine rings is 1. The van der Waals surface area contributed by atoms with Gasteiger partial charge in [-0.25, -0.2) is 4.98 Å². The first-order valence-corrected chi connectivity index (χ1v) is 9.94. The molecule has 1 amide bonds. The van der Waals surface area contributed by atoms with Crippen LogP contribution in [-0.2, 0) is 6.54 Å². The molecule has 0 radical (unpaired) electrons. The highest BCUT2D eigenvalue weighted by atomic mass is 32.1. The first-order valence-electron chi connectivity index (χ1n) is 9.06. The predicted molar refractivity (Wildman–Crippen MR) is 101 cm³/mol. The summed E-state index contributed by atoms with van der Waals surface area (Å²) < 4.78 is 0. The maximum absolute atomic E-state index is 12.7. The summed E-state index contributed by atoms with van der Waals surface area (Å²) in [6.45, 7) is 4.24. The van der Waals surface area contributed by atoms with Crippen molar-refractivity contribution in [3.05, 3.63) is 50.3 Å². The Labute approximate surface area is 156 Å². The van der Waals surface area contributed by atoms with Crippen molar-refractivity contribution in [2.45, 2.75) is 38.8 Å². The number of pyridine rings is 1. The van der Waals surface area contributed by atoms with Gasteiger partial charge in [0.2, 0.25) is 5.56 Å². The summed E-state index contributed by atoms with van der Waals surface area (Å²) in [6.07, 6.45) is 5.14. The van der Waals surface area contributed by atoms with Crippen molar-refractivity contribution < 1.29 is 4.79 Å². The number of amides is 1. The minimum absolute atomic E-state index is 0.0256. The van der Waals surface area contributed by atoms with E-state index in [1.807, 2.05) is 16.5 Å². The van der Waals surface area contributed by atoms with E-state index in [2.05, 4.69) is 21.9 Å². The molecule has 1 N–H and O–H groups in total. The Morgan fingerprint density at radius 3 is 2.85 bits per heavy atom. The fourth-order valence-electron chi connectivity index (χ4n) is 4.29. The highest BCUT2D eigenvalue weighted by Gasteiger charge is 2.56. The number of nitrogens with one attached hydrogen (secondary N) is 1. The van der Waals surface area contributed by atoms with Gasteiger partial charge in [-0.2, -0.15) is 0 Å². The van der Waals surface area contributed by atoms with E-state index in [0.717, 1.165) is 43.2 Å². The van der Waals surface area contributed by atoms with Gasteiger partial charge in [0.15, 0.2) is 0 Å². The number of carbonyl (C=O) groups excluding carboxylic acids is 1. The maximum Gasteiger partial charge on any atom is 0.254 e. The molecule has 2 aliphatic rings. The Morgan fingerprint density at radius 2 is 2.19 bits per heavy atom. The summed E-state index contributed by atoms with van der Waals surface area (Å²) in [6, 6.07) is 3.75. The molecule has 7 heteroatoms. The van der Waals surface area contributed by atoms with Crippen LogP contribution in [0, 0.1) is 12.3 Å². The van der Waals surface area contributed by atoms with E-state index in [1.165, 1.54) is 12.5 Å². The second-order valence-electron chi connectivity index (χ2n) is 7.63. The van der Waals surface area contributed by atoms with Crippen molar-refractivity contribution in [2.24, 2.45) is 5.41 Å². The van der Waals surface area contributed by atoms with Crippen LogP contribution in [0.2, 0.25) is 0 Å². The number of hydrogen-bond acceptors (Lipinski definition) is 5. The lowest BCUT2D eigenvalue weighted by molar-refractivity contribution is 0.0657. The van der Waals surface area contributed by atoms with Crippen LogP contribution in [0.15, 0.2) is 28.5 Å². The molecule has 0 bridgehead atoms. The average molecular weight is 372 g/mol. The number of hydrogen-bond donors (Lipinski definition) is 1. The van der Waals surface area contributed by atoms with Crippen molar-refractivity contribution in [1.82, 2.24) is 19.8 Å². The molecule has 6 nitrogen and oxygen atoms in total. The number of aromatic amines is 1. The van der Waals surface area contributed by atoms with Crippen LogP contribution < -0.4 is 5.56 Å². The molecule has 1 aliphatic carbocycles. The van der Waals surface area contributed by atoms with Crippen LogP contribution in [0.5, 0.6) is 0 Å². The number of nitrogens with zero attached hydrogens (tertiary/aromatic N) is 3. The van der Waals surface area contributed by atoms with Crippen molar-refractivity contribution in [3.8, 4) is 0 Å². The molecule has 1 aliphatic heterocycles. The van der Waals surface area contributed by atoms with E-state index in [4.69, 9.17) is 0 Å². The van der Waals surface area contributed by atoms with Gasteiger partial charge in [-0.15, -0.1) is 11.3 Å². The van der Waals surface area contributed by atoms with Crippen LogP contribution in [0.4, 0.5) is 0 Å². The predicted octanol–water partition coefficient (Wildman–Crippen LogP) is 2.27. The van der Waals surface area contributed by atoms with Crippen LogP contribution in [-0.4, -0.2) is 51.9 Å². The third-order valence-corrected chi connectivity index (χ3v) is 6.58. The maximum atomic E-state index is 12.7. The van der Waals surface area contributed by atoms with Crippen molar-refractivity contribution in [2.75, 3.05) is 20.1 Å². The molecule has 138 valence electrons. The monoisotopic (exact) mass is 372 g/mol. The van der Waals surface area contributed by atoms with Gasteiger partial charge in [0.25, 0.3) is 5.91 Å². The minimum Gasteiger partial charge on any atom is -0.339 e. The third-order valence-electron chi connectivity index (χ3n) is 5.82. The summed E-state index contributed by atoms with van der Waals surface area (Å²) >= 11 is 1.70. The topological polar surface area (TPSA) is 69.3 Å². The summed E-state index contributed by atoms with van der Waals surface area (Å²) in [5, 5.41) is 3.18. The first kappa shape index (κ1) is 17.4. The zero-order valence-electron chi connectivity index (χ0n) is 15.2. The van der Waals surface area contributed by atoms with Crippen LogP contribution >= 0.6 is 11.3 Å². The van der Waals surface area contributed by atoms with Crippen LogP contribution in [0.3, 0.4) is 0 Å². The van der Waals surface area contributed by atoms with Gasteiger partial charge in [0.05, 0.1) is 6.54 Å². The summed E-state index contributed by atoms with van der Waals surface area (Å²) in [5.74, 6) is -0.0256. The molecule has 1 saturated heterocycles. The third kappa shape index (κ3) is 3.33. The Morgan fingerprint density at radius 1 is 1.42 bits per heavy atom. The van der Waals surface area contributed by atoms with E-state index in [0.29, 0.717) is 17.0 Å². The van der Waals surface area contributed by atoms with Crippen molar-refractivity contribution in [1.29, 1.82) is 0 Å². The quantitative estimate of drug-likeness (QED) is 0.894. The zero-order valence-corrected chi connectivity index (χ0v) is 16.0. The molecule has 1 spiro atoms. The lowest BCUT2D eigenvalue weighted by Crippen LogP contribution is -2.41. The fourth-order valence-corrected chi connectivity index (χ4v) is 4.96. The van der Waals surface area contributed by atoms with Crippen molar-refractivity contribution in [3.63, 3.8) is 0 Å². The Hall–Kier alpha value is -1.99. The normalized spacial score (nSPS) is 21.3. The van der Waals surface area contributed by atoms with E-state index < -0.39 is 0 Å². The molecule has 1 saturated carbocycles.